The van der Waals surface area contributed by atoms with Gasteiger partial charge in [-0.15, -0.1) is 0 Å². The number of hydrogen-bond donors (Lipinski definition) is 1. The molecule has 1 N–H and O–H groups in total. The highest BCUT2D eigenvalue weighted by Crippen LogP contribution is 2.22. The molecule has 0 aromatic heterocycles. The number of hydroxylamine groups is 1. The molecule has 0 aliphatic heterocycles. The van der Waals surface area contributed by atoms with Crippen molar-refractivity contribution < 1.29 is 4.84 Å². The van der Waals surface area contributed by atoms with Gasteiger partial charge < -0.3 is 4.84 Å². The van der Waals surface area contributed by atoms with E-state index in [1.54, 1.807) is 7.11 Å². The van der Waals surface area contributed by atoms with E-state index in [9.17, 15) is 0 Å². The van der Waals surface area contributed by atoms with Crippen molar-refractivity contribution in [1.82, 2.24) is 5.48 Å². The zero-order valence-corrected chi connectivity index (χ0v) is 8.95. The third kappa shape index (κ3) is 2.75. The van der Waals surface area contributed by atoms with Crippen LogP contribution in [-0.4, -0.2) is 7.11 Å². The second kappa shape index (κ2) is 4.82. The van der Waals surface area contributed by atoms with E-state index in [0.717, 1.165) is 15.1 Å². The van der Waals surface area contributed by atoms with E-state index in [0.29, 0.717) is 6.54 Å². The minimum absolute atomic E-state index is 0.673. The molecule has 12 heavy (non-hydrogen) atoms. The fourth-order valence-corrected chi connectivity index (χ4v) is 1.35. The first-order valence-corrected chi connectivity index (χ1v) is 4.61. The summed E-state index contributed by atoms with van der Waals surface area (Å²) >= 11 is 9.15. The van der Waals surface area contributed by atoms with Gasteiger partial charge in [-0.2, -0.15) is 5.48 Å². The molecule has 4 heteroatoms. The quantitative estimate of drug-likeness (QED) is 0.833. The van der Waals surface area contributed by atoms with Crippen LogP contribution < -0.4 is 5.48 Å². The minimum atomic E-state index is 0.673. The summed E-state index contributed by atoms with van der Waals surface area (Å²) in [5, 5.41) is 0.719. The molecule has 0 radical (unpaired) electrons. The van der Waals surface area contributed by atoms with Gasteiger partial charge >= 0.3 is 0 Å². The molecule has 0 heterocycles. The lowest BCUT2D eigenvalue weighted by Crippen LogP contribution is -2.10. The van der Waals surface area contributed by atoms with Crippen LogP contribution >= 0.6 is 27.5 Å². The lowest BCUT2D eigenvalue weighted by atomic mass is 10.2. The van der Waals surface area contributed by atoms with E-state index in [-0.39, 0.29) is 0 Å². The summed E-state index contributed by atoms with van der Waals surface area (Å²) in [5.74, 6) is 0. The first-order chi connectivity index (χ1) is 5.74. The van der Waals surface area contributed by atoms with Crippen LogP contribution in [0.2, 0.25) is 5.02 Å². The zero-order valence-electron chi connectivity index (χ0n) is 6.60. The molecule has 0 aliphatic carbocycles. The maximum Gasteiger partial charge on any atom is 0.0572 e. The van der Waals surface area contributed by atoms with E-state index in [1.165, 1.54) is 0 Å². The minimum Gasteiger partial charge on any atom is -0.305 e. The van der Waals surface area contributed by atoms with Crippen LogP contribution in [0.4, 0.5) is 0 Å². The monoisotopic (exact) mass is 249 g/mol. The standard InChI is InChI=1S/C8H9BrClNO/c1-12-11-5-6-2-3-8(10)7(9)4-6/h2-4,11H,5H2,1H3. The Hall–Kier alpha value is -0.0900. The van der Waals surface area contributed by atoms with E-state index in [2.05, 4.69) is 21.4 Å². The van der Waals surface area contributed by atoms with Crippen LogP contribution in [0.5, 0.6) is 0 Å². The van der Waals surface area contributed by atoms with Gasteiger partial charge in [0, 0.05) is 11.0 Å². The molecule has 0 aliphatic rings. The highest BCUT2D eigenvalue weighted by Gasteiger charge is 1.97. The smallest absolute Gasteiger partial charge is 0.0572 e. The molecular weight excluding hydrogens is 241 g/mol. The first kappa shape index (κ1) is 9.99. The predicted molar refractivity (Wildman–Crippen MR) is 53.0 cm³/mol. The Kier molecular flexibility index (Phi) is 4.01. The highest BCUT2D eigenvalue weighted by molar-refractivity contribution is 9.10. The van der Waals surface area contributed by atoms with Crippen molar-refractivity contribution in [2.24, 2.45) is 0 Å². The van der Waals surface area contributed by atoms with Gasteiger partial charge in [0.2, 0.25) is 0 Å². The van der Waals surface area contributed by atoms with Gasteiger partial charge in [-0.3, -0.25) is 0 Å². The molecule has 2 nitrogen and oxygen atoms in total. The van der Waals surface area contributed by atoms with E-state index in [1.807, 2.05) is 18.2 Å². The Morgan fingerprint density at radius 1 is 1.58 bits per heavy atom. The summed E-state index contributed by atoms with van der Waals surface area (Å²) in [6, 6.07) is 5.74. The van der Waals surface area contributed by atoms with Gasteiger partial charge in [-0.1, -0.05) is 17.7 Å². The maximum atomic E-state index is 5.82. The molecule has 0 bridgehead atoms. The van der Waals surface area contributed by atoms with Crippen molar-refractivity contribution in [3.63, 3.8) is 0 Å². The molecule has 1 aromatic carbocycles. The van der Waals surface area contributed by atoms with Crippen LogP contribution in [0, 0.1) is 0 Å². The summed E-state index contributed by atoms with van der Waals surface area (Å²) in [4.78, 5) is 4.72. The normalized spacial score (nSPS) is 10.2. The lowest BCUT2D eigenvalue weighted by Gasteiger charge is -2.03. The Balaban J connectivity index is 2.69. The van der Waals surface area contributed by atoms with Gasteiger partial charge in [0.1, 0.15) is 0 Å². The number of rotatable bonds is 3. The average molecular weight is 251 g/mol. The molecule has 0 unspecified atom stereocenters. The molecule has 1 aromatic rings. The summed E-state index contributed by atoms with van der Waals surface area (Å²) in [5.41, 5.74) is 3.87. The van der Waals surface area contributed by atoms with Gasteiger partial charge in [0.25, 0.3) is 0 Å². The van der Waals surface area contributed by atoms with Crippen molar-refractivity contribution >= 4 is 27.5 Å². The third-order valence-corrected chi connectivity index (χ3v) is 2.62. The van der Waals surface area contributed by atoms with Crippen molar-refractivity contribution in [1.29, 1.82) is 0 Å². The van der Waals surface area contributed by atoms with Gasteiger partial charge in [0.15, 0.2) is 0 Å². The van der Waals surface area contributed by atoms with Crippen molar-refractivity contribution in [2.75, 3.05) is 7.11 Å². The highest BCUT2D eigenvalue weighted by atomic mass is 79.9. The van der Waals surface area contributed by atoms with Crippen LogP contribution in [0.25, 0.3) is 0 Å². The fourth-order valence-electron chi connectivity index (χ4n) is 0.805. The van der Waals surface area contributed by atoms with Gasteiger partial charge in [0.05, 0.1) is 12.1 Å². The number of benzene rings is 1. The van der Waals surface area contributed by atoms with E-state index < -0.39 is 0 Å². The second-order valence-corrected chi connectivity index (χ2v) is 3.54. The molecular formula is C8H9BrClNO. The molecule has 0 spiro atoms. The predicted octanol–water partition coefficient (Wildman–Crippen LogP) is 2.75. The number of halogens is 2. The SMILES string of the molecule is CONCc1ccc(Cl)c(Br)c1. The molecule has 0 fully saturated rings. The topological polar surface area (TPSA) is 21.3 Å². The summed E-state index contributed by atoms with van der Waals surface area (Å²) in [6.45, 7) is 0.673. The van der Waals surface area contributed by atoms with Gasteiger partial charge in [-0.25, -0.2) is 0 Å². The molecule has 66 valence electrons. The average Bonchev–Trinajstić information content (AvgIpc) is 2.07. The summed E-state index contributed by atoms with van der Waals surface area (Å²) in [7, 11) is 1.59. The van der Waals surface area contributed by atoms with E-state index >= 15 is 0 Å². The van der Waals surface area contributed by atoms with Gasteiger partial charge in [-0.05, 0) is 33.6 Å². The maximum absolute atomic E-state index is 5.82. The summed E-state index contributed by atoms with van der Waals surface area (Å²) < 4.78 is 0.902. The molecule has 0 atom stereocenters. The Morgan fingerprint density at radius 3 is 2.92 bits per heavy atom. The third-order valence-electron chi connectivity index (χ3n) is 1.40. The molecule has 0 saturated heterocycles. The lowest BCUT2D eigenvalue weighted by molar-refractivity contribution is 0.0867. The zero-order chi connectivity index (χ0) is 8.97. The number of hydrogen-bond acceptors (Lipinski definition) is 2. The Labute approximate surface area is 84.9 Å². The van der Waals surface area contributed by atoms with Crippen LogP contribution in [0.1, 0.15) is 5.56 Å². The van der Waals surface area contributed by atoms with E-state index in [4.69, 9.17) is 16.4 Å². The Bertz CT molecular complexity index is 267. The van der Waals surface area contributed by atoms with Crippen LogP contribution in [0.3, 0.4) is 0 Å². The van der Waals surface area contributed by atoms with Crippen molar-refractivity contribution in [3.05, 3.63) is 33.3 Å². The number of nitrogens with one attached hydrogen (secondary N) is 1. The second-order valence-electron chi connectivity index (χ2n) is 2.27. The largest absolute Gasteiger partial charge is 0.305 e. The van der Waals surface area contributed by atoms with Crippen molar-refractivity contribution in [2.45, 2.75) is 6.54 Å². The Morgan fingerprint density at radius 2 is 2.33 bits per heavy atom. The van der Waals surface area contributed by atoms with Crippen LogP contribution in [-0.2, 0) is 11.4 Å². The molecule has 0 amide bonds. The fraction of sp³-hybridized carbons (Fsp3) is 0.250. The first-order valence-electron chi connectivity index (χ1n) is 3.44. The molecule has 1 rings (SSSR count). The van der Waals surface area contributed by atoms with Crippen molar-refractivity contribution in [3.8, 4) is 0 Å². The van der Waals surface area contributed by atoms with Crippen LogP contribution in [0.15, 0.2) is 22.7 Å². The summed E-state index contributed by atoms with van der Waals surface area (Å²) in [6.07, 6.45) is 0. The molecule has 0 saturated carbocycles.